The average molecular weight is 210 g/mol. The van der Waals surface area contributed by atoms with E-state index in [1.807, 2.05) is 6.92 Å². The Morgan fingerprint density at radius 3 is 3.19 bits per heavy atom. The molecule has 5 nitrogen and oxygen atoms in total. The average Bonchev–Trinajstić information content (AvgIpc) is 3.12. The maximum Gasteiger partial charge on any atom is 0.474 e. The van der Waals surface area contributed by atoms with Gasteiger partial charge in [-0.25, -0.2) is 14.8 Å². The van der Waals surface area contributed by atoms with E-state index in [1.54, 1.807) is 19.7 Å². The predicted molar refractivity (Wildman–Crippen MR) is 59.8 cm³/mol. The van der Waals surface area contributed by atoms with E-state index >= 15 is 0 Å². The highest BCUT2D eigenvalue weighted by molar-refractivity contribution is 7.04. The summed E-state index contributed by atoms with van der Waals surface area (Å²) in [5, 5.41) is 0. The summed E-state index contributed by atoms with van der Waals surface area (Å²) in [5.41, 5.74) is 1.39. The normalized spacial score (nSPS) is 23.4. The molecule has 0 spiro atoms. The Kier molecular flexibility index (Phi) is 1.98. The third-order valence-corrected chi connectivity index (χ3v) is 2.35. The maximum atomic E-state index is 7.04. The zero-order valence-corrected chi connectivity index (χ0v) is 8.54. The Morgan fingerprint density at radius 2 is 2.50 bits per heavy atom. The standard InChI is InChI=1S/C9H6B2N3O2/c1-5-3-6(12-2)7(13-4-5)14-9-11(16-9)8-10-15-8/h3-4,8H,1H3. The molecule has 3 rings (SSSR count). The molecule has 1 aromatic rings. The van der Waals surface area contributed by atoms with E-state index < -0.39 is 0 Å². The highest BCUT2D eigenvalue weighted by atomic mass is 16.6. The van der Waals surface area contributed by atoms with Crippen LogP contribution in [0.2, 0.25) is 0 Å². The van der Waals surface area contributed by atoms with E-state index in [0.29, 0.717) is 17.3 Å². The SMILES string of the molecule is [C-]#[N+]c1cc(C)cnc1N=C1OB1C1[B]O1. The Labute approximate surface area is 93.7 Å². The number of hydrogen-bond acceptors (Lipinski definition) is 4. The molecule has 2 fully saturated rings. The summed E-state index contributed by atoms with van der Waals surface area (Å²) in [4.78, 5) is 11.7. The van der Waals surface area contributed by atoms with Crippen LogP contribution in [-0.2, 0) is 9.31 Å². The number of nitrogens with zero attached hydrogens (tertiary/aromatic N) is 3. The van der Waals surface area contributed by atoms with Gasteiger partial charge in [0.25, 0.3) is 0 Å². The summed E-state index contributed by atoms with van der Waals surface area (Å²) in [6.45, 7) is 8.86. The van der Waals surface area contributed by atoms with Gasteiger partial charge in [-0.15, -0.1) is 0 Å². The molecule has 16 heavy (non-hydrogen) atoms. The first-order valence-corrected chi connectivity index (χ1v) is 4.86. The summed E-state index contributed by atoms with van der Waals surface area (Å²) in [6, 6.07) is 1.76. The third kappa shape index (κ3) is 1.68. The van der Waals surface area contributed by atoms with Crippen molar-refractivity contribution in [3.63, 3.8) is 0 Å². The van der Waals surface area contributed by atoms with Gasteiger partial charge in [0.15, 0.2) is 11.6 Å². The molecule has 1 atom stereocenters. The maximum absolute atomic E-state index is 7.04. The van der Waals surface area contributed by atoms with Crippen LogP contribution in [0.25, 0.3) is 4.85 Å². The monoisotopic (exact) mass is 210 g/mol. The van der Waals surface area contributed by atoms with Crippen molar-refractivity contribution in [3.05, 3.63) is 29.2 Å². The van der Waals surface area contributed by atoms with E-state index in [1.165, 1.54) is 0 Å². The highest BCUT2D eigenvalue weighted by Gasteiger charge is 2.57. The van der Waals surface area contributed by atoms with Crippen LogP contribution in [0.3, 0.4) is 0 Å². The minimum absolute atomic E-state index is 0.0422. The fourth-order valence-corrected chi connectivity index (χ4v) is 1.40. The zero-order chi connectivity index (χ0) is 11.1. The number of aliphatic imine (C=N–C) groups is 1. The number of aryl methyl sites for hydroxylation is 1. The van der Waals surface area contributed by atoms with Crippen molar-refractivity contribution in [2.75, 3.05) is 0 Å². The molecule has 2 saturated heterocycles. The van der Waals surface area contributed by atoms with Crippen LogP contribution < -0.4 is 0 Å². The van der Waals surface area contributed by atoms with Crippen LogP contribution in [-0.4, -0.2) is 31.1 Å². The molecular formula is C9H6B2N3O2. The van der Waals surface area contributed by atoms with Crippen molar-refractivity contribution in [2.45, 2.75) is 12.8 Å². The number of rotatable bonds is 2. The van der Waals surface area contributed by atoms with Crippen LogP contribution in [0.15, 0.2) is 17.3 Å². The molecule has 0 aromatic carbocycles. The molecule has 3 heterocycles. The Morgan fingerprint density at radius 1 is 1.69 bits per heavy atom. The minimum Gasteiger partial charge on any atom is -0.544 e. The highest BCUT2D eigenvalue weighted by Crippen LogP contribution is 2.30. The lowest BCUT2D eigenvalue weighted by Crippen LogP contribution is -2.04. The summed E-state index contributed by atoms with van der Waals surface area (Å²) in [6.07, 6.45) is 1.69. The first kappa shape index (κ1) is 9.43. The predicted octanol–water partition coefficient (Wildman–Crippen LogP) is 1.05. The fraction of sp³-hybridized carbons (Fsp3) is 0.222. The van der Waals surface area contributed by atoms with Crippen LogP contribution in [0, 0.1) is 13.5 Å². The van der Waals surface area contributed by atoms with E-state index in [-0.39, 0.29) is 12.8 Å². The van der Waals surface area contributed by atoms with Crippen molar-refractivity contribution in [2.24, 2.45) is 4.99 Å². The van der Waals surface area contributed by atoms with E-state index in [4.69, 9.17) is 15.9 Å². The molecule has 1 aromatic heterocycles. The summed E-state index contributed by atoms with van der Waals surface area (Å²) >= 11 is 0. The van der Waals surface area contributed by atoms with Gasteiger partial charge in [0.05, 0.1) is 12.5 Å². The lowest BCUT2D eigenvalue weighted by molar-refractivity contribution is 0.513. The van der Waals surface area contributed by atoms with Gasteiger partial charge >= 0.3 is 14.4 Å². The van der Waals surface area contributed by atoms with Crippen molar-refractivity contribution >= 4 is 31.7 Å². The summed E-state index contributed by atoms with van der Waals surface area (Å²) in [7, 11) is 1.70. The molecular weight excluding hydrogens is 204 g/mol. The molecule has 1 radical (unpaired) electrons. The number of hydrogen-bond donors (Lipinski definition) is 0. The van der Waals surface area contributed by atoms with Crippen molar-refractivity contribution in [3.8, 4) is 0 Å². The van der Waals surface area contributed by atoms with Gasteiger partial charge in [-0.2, -0.15) is 0 Å². The molecule has 0 N–H and O–H groups in total. The zero-order valence-electron chi connectivity index (χ0n) is 8.54. The molecule has 75 valence electrons. The van der Waals surface area contributed by atoms with E-state index in [2.05, 4.69) is 14.8 Å². The van der Waals surface area contributed by atoms with Gasteiger partial charge in [0.2, 0.25) is 5.69 Å². The topological polar surface area (TPSA) is 54.7 Å². The lowest BCUT2D eigenvalue weighted by Gasteiger charge is -1.96. The van der Waals surface area contributed by atoms with Crippen LogP contribution in [0.4, 0.5) is 11.5 Å². The van der Waals surface area contributed by atoms with Crippen LogP contribution >= 0.6 is 0 Å². The second-order valence-electron chi connectivity index (χ2n) is 3.69. The van der Waals surface area contributed by atoms with Gasteiger partial charge in [0, 0.05) is 6.20 Å². The Bertz CT molecular complexity index is 522. The first-order valence-electron chi connectivity index (χ1n) is 4.86. The second-order valence-corrected chi connectivity index (χ2v) is 3.69. The molecule has 2 aliphatic heterocycles. The molecule has 0 saturated carbocycles. The quantitative estimate of drug-likeness (QED) is 0.416. The van der Waals surface area contributed by atoms with Gasteiger partial charge in [0.1, 0.15) is 0 Å². The smallest absolute Gasteiger partial charge is 0.474 e. The van der Waals surface area contributed by atoms with E-state index in [0.717, 1.165) is 5.56 Å². The van der Waals surface area contributed by atoms with Gasteiger partial charge < -0.3 is 9.31 Å². The molecule has 1 unspecified atom stereocenters. The summed E-state index contributed by atoms with van der Waals surface area (Å²) in [5.74, 6) is 1.05. The first-order chi connectivity index (χ1) is 7.78. The number of aromatic nitrogens is 1. The second kappa shape index (κ2) is 3.35. The molecule has 2 aliphatic rings. The van der Waals surface area contributed by atoms with Crippen molar-refractivity contribution in [1.82, 2.24) is 4.98 Å². The molecule has 0 amide bonds. The minimum atomic E-state index is -0.0679. The van der Waals surface area contributed by atoms with Crippen molar-refractivity contribution in [1.29, 1.82) is 0 Å². The fourth-order valence-electron chi connectivity index (χ4n) is 1.40. The largest absolute Gasteiger partial charge is 0.544 e. The molecule has 0 bridgehead atoms. The molecule has 7 heteroatoms. The lowest BCUT2D eigenvalue weighted by atomic mass is 9.65. The Balaban J connectivity index is 1.87. The third-order valence-electron chi connectivity index (χ3n) is 2.35. The van der Waals surface area contributed by atoms with E-state index in [9.17, 15) is 0 Å². The van der Waals surface area contributed by atoms with Gasteiger partial charge in [-0.1, -0.05) is 0 Å². The van der Waals surface area contributed by atoms with Gasteiger partial charge in [-0.3, -0.25) is 0 Å². The van der Waals surface area contributed by atoms with Crippen molar-refractivity contribution < 1.29 is 9.31 Å². The van der Waals surface area contributed by atoms with Crippen LogP contribution in [0.5, 0.6) is 0 Å². The number of pyridine rings is 1. The van der Waals surface area contributed by atoms with Crippen LogP contribution in [0.1, 0.15) is 5.56 Å². The summed E-state index contributed by atoms with van der Waals surface area (Å²) < 4.78 is 10.2. The molecule has 0 aliphatic carbocycles. The Hall–Kier alpha value is -1.80. The van der Waals surface area contributed by atoms with Gasteiger partial charge in [-0.05, 0) is 18.6 Å².